The molecule has 2 rings (SSSR count). The molecular formula is C20H27NO8. The highest BCUT2D eigenvalue weighted by Crippen LogP contribution is 2.34. The molecule has 1 aromatic carbocycles. The monoisotopic (exact) mass is 409 g/mol. The molecule has 29 heavy (non-hydrogen) atoms. The molecule has 2 N–H and O–H groups in total. The van der Waals surface area contributed by atoms with Gasteiger partial charge in [0.05, 0.1) is 0 Å². The third-order valence-electron chi connectivity index (χ3n) is 4.17. The number of hydrogen-bond acceptors (Lipinski definition) is 7. The fourth-order valence-corrected chi connectivity index (χ4v) is 3.10. The Bertz CT molecular complexity index is 732. The Balaban J connectivity index is 0.000000612. The third kappa shape index (κ3) is 8.73. The van der Waals surface area contributed by atoms with E-state index < -0.39 is 23.9 Å². The minimum absolute atomic E-state index is 0.290. The first-order chi connectivity index (χ1) is 13.6. The predicted octanol–water partition coefficient (Wildman–Crippen LogP) is 2.28. The average Bonchev–Trinajstić information content (AvgIpc) is 2.63. The van der Waals surface area contributed by atoms with Crippen LogP contribution in [0.2, 0.25) is 0 Å². The summed E-state index contributed by atoms with van der Waals surface area (Å²) in [7, 11) is 0. The van der Waals surface area contributed by atoms with Crippen LogP contribution in [0.4, 0.5) is 0 Å². The van der Waals surface area contributed by atoms with Crippen molar-refractivity contribution >= 4 is 23.9 Å². The highest BCUT2D eigenvalue weighted by Gasteiger charge is 2.22. The summed E-state index contributed by atoms with van der Waals surface area (Å²) in [5.41, 5.74) is 1.12. The first-order valence-electron chi connectivity index (χ1n) is 9.33. The van der Waals surface area contributed by atoms with Gasteiger partial charge in [0, 0.05) is 20.4 Å². The van der Waals surface area contributed by atoms with Crippen LogP contribution >= 0.6 is 0 Å². The first kappa shape index (κ1) is 24.1. The molecule has 9 heteroatoms. The number of nitrogens with zero attached hydrogens (tertiary/aromatic N) is 1. The summed E-state index contributed by atoms with van der Waals surface area (Å²) >= 11 is 0. The normalized spacial score (nSPS) is 16.2. The number of carbonyl (C=O) groups excluding carboxylic acids is 2. The summed E-state index contributed by atoms with van der Waals surface area (Å²) in [4.78, 5) is 43.2. The number of ether oxygens (including phenoxy) is 2. The molecule has 1 aromatic rings. The molecule has 1 aliphatic heterocycles. The number of benzene rings is 1. The molecule has 0 spiro atoms. The van der Waals surface area contributed by atoms with Crippen LogP contribution in [0, 0.1) is 0 Å². The minimum Gasteiger partial charge on any atom is -0.473 e. The lowest BCUT2D eigenvalue weighted by Gasteiger charge is -2.33. The average molecular weight is 409 g/mol. The van der Waals surface area contributed by atoms with Gasteiger partial charge in [0.2, 0.25) is 0 Å². The molecule has 1 unspecified atom stereocenters. The standard InChI is InChI=1S/C18H25NO4.C2H2O4/c1-4-9-19-10-5-6-16(12-19)15-7-8-17(22-13(2)20)18(11-15)23-14(3)21;3-1(4)2(5)6/h7-8,11,16H,4-6,9-10,12H2,1-3H3;(H,3,4)(H,5,6). The van der Waals surface area contributed by atoms with Crippen LogP contribution < -0.4 is 9.47 Å². The number of carboxylic acid groups (broad SMARTS) is 2. The van der Waals surface area contributed by atoms with Crippen molar-refractivity contribution in [3.63, 3.8) is 0 Å². The number of likely N-dealkylation sites (tertiary alicyclic amines) is 1. The zero-order valence-electron chi connectivity index (χ0n) is 16.8. The molecule has 1 aliphatic rings. The topological polar surface area (TPSA) is 130 Å². The van der Waals surface area contributed by atoms with Gasteiger partial charge >= 0.3 is 23.9 Å². The van der Waals surface area contributed by atoms with E-state index in [-0.39, 0.29) is 5.75 Å². The Labute approximate surface area is 169 Å². The maximum atomic E-state index is 11.3. The molecule has 1 fully saturated rings. The van der Waals surface area contributed by atoms with Crippen molar-refractivity contribution < 1.29 is 38.9 Å². The largest absolute Gasteiger partial charge is 0.473 e. The molecule has 9 nitrogen and oxygen atoms in total. The Morgan fingerprint density at radius 1 is 1.03 bits per heavy atom. The van der Waals surface area contributed by atoms with Crippen LogP contribution in [-0.4, -0.2) is 58.6 Å². The van der Waals surface area contributed by atoms with Crippen molar-refractivity contribution in [3.05, 3.63) is 23.8 Å². The minimum atomic E-state index is -1.82. The molecule has 1 heterocycles. The van der Waals surface area contributed by atoms with E-state index in [1.165, 1.54) is 20.3 Å². The highest BCUT2D eigenvalue weighted by atomic mass is 16.6. The SMILES string of the molecule is CCCN1CCCC(c2ccc(OC(C)=O)c(OC(C)=O)c2)C1.O=C(O)C(=O)O. The Kier molecular flexibility index (Phi) is 9.81. The second-order valence-corrected chi connectivity index (χ2v) is 6.64. The Morgan fingerprint density at radius 2 is 1.62 bits per heavy atom. The van der Waals surface area contributed by atoms with Gasteiger partial charge in [-0.25, -0.2) is 9.59 Å². The molecule has 0 saturated carbocycles. The molecule has 0 bridgehead atoms. The maximum Gasteiger partial charge on any atom is 0.414 e. The van der Waals surface area contributed by atoms with Gasteiger partial charge in [-0.15, -0.1) is 0 Å². The van der Waals surface area contributed by atoms with Gasteiger partial charge in [0.1, 0.15) is 0 Å². The molecule has 0 aliphatic carbocycles. The summed E-state index contributed by atoms with van der Waals surface area (Å²) < 4.78 is 10.3. The number of piperidine rings is 1. The van der Waals surface area contributed by atoms with Crippen molar-refractivity contribution in [1.29, 1.82) is 0 Å². The zero-order valence-corrected chi connectivity index (χ0v) is 16.8. The van der Waals surface area contributed by atoms with E-state index in [2.05, 4.69) is 11.8 Å². The van der Waals surface area contributed by atoms with Gasteiger partial charge in [-0.1, -0.05) is 13.0 Å². The van der Waals surface area contributed by atoms with Crippen molar-refractivity contribution in [3.8, 4) is 11.5 Å². The van der Waals surface area contributed by atoms with E-state index in [4.69, 9.17) is 29.3 Å². The molecule has 160 valence electrons. The van der Waals surface area contributed by atoms with Crippen LogP contribution in [-0.2, 0) is 19.2 Å². The predicted molar refractivity (Wildman–Crippen MR) is 103 cm³/mol. The summed E-state index contributed by atoms with van der Waals surface area (Å²) in [5.74, 6) is -3.48. The molecule has 1 saturated heterocycles. The number of esters is 2. The van der Waals surface area contributed by atoms with Crippen molar-refractivity contribution in [2.24, 2.45) is 0 Å². The third-order valence-corrected chi connectivity index (χ3v) is 4.17. The van der Waals surface area contributed by atoms with Crippen LogP contribution in [0.1, 0.15) is 51.5 Å². The lowest BCUT2D eigenvalue weighted by Crippen LogP contribution is -2.34. The van der Waals surface area contributed by atoms with Crippen molar-refractivity contribution in [2.75, 3.05) is 19.6 Å². The van der Waals surface area contributed by atoms with Crippen LogP contribution in [0.15, 0.2) is 18.2 Å². The Hall–Kier alpha value is -2.94. The summed E-state index contributed by atoms with van der Waals surface area (Å²) in [6.45, 7) is 8.13. The number of hydrogen-bond donors (Lipinski definition) is 2. The quantitative estimate of drug-likeness (QED) is 0.427. The van der Waals surface area contributed by atoms with Gasteiger partial charge in [-0.3, -0.25) is 9.59 Å². The van der Waals surface area contributed by atoms with E-state index >= 15 is 0 Å². The maximum absolute atomic E-state index is 11.3. The lowest BCUT2D eigenvalue weighted by molar-refractivity contribution is -0.159. The van der Waals surface area contributed by atoms with E-state index in [0.717, 1.165) is 38.0 Å². The molecule has 0 amide bonds. The van der Waals surface area contributed by atoms with Gasteiger partial charge in [-0.2, -0.15) is 0 Å². The fourth-order valence-electron chi connectivity index (χ4n) is 3.10. The number of carbonyl (C=O) groups is 4. The first-order valence-corrected chi connectivity index (χ1v) is 9.33. The second-order valence-electron chi connectivity index (χ2n) is 6.64. The van der Waals surface area contributed by atoms with Gasteiger partial charge in [0.25, 0.3) is 0 Å². The fraction of sp³-hybridized carbons (Fsp3) is 0.500. The van der Waals surface area contributed by atoms with E-state index in [1.807, 2.05) is 12.1 Å². The number of rotatable bonds is 5. The zero-order chi connectivity index (χ0) is 22.0. The smallest absolute Gasteiger partial charge is 0.414 e. The summed E-state index contributed by atoms with van der Waals surface area (Å²) in [6.07, 6.45) is 3.43. The molecule has 1 atom stereocenters. The molecular weight excluding hydrogens is 382 g/mol. The highest BCUT2D eigenvalue weighted by molar-refractivity contribution is 6.27. The number of carboxylic acids is 2. The van der Waals surface area contributed by atoms with Gasteiger partial charge < -0.3 is 24.6 Å². The molecule has 0 radical (unpaired) electrons. The van der Waals surface area contributed by atoms with E-state index in [0.29, 0.717) is 11.7 Å². The van der Waals surface area contributed by atoms with Crippen molar-refractivity contribution in [1.82, 2.24) is 4.90 Å². The van der Waals surface area contributed by atoms with Crippen molar-refractivity contribution in [2.45, 2.75) is 46.0 Å². The van der Waals surface area contributed by atoms with E-state index in [9.17, 15) is 9.59 Å². The van der Waals surface area contributed by atoms with Crippen LogP contribution in [0.25, 0.3) is 0 Å². The number of aliphatic carboxylic acids is 2. The van der Waals surface area contributed by atoms with E-state index in [1.54, 1.807) is 6.07 Å². The second kappa shape index (κ2) is 11.8. The van der Waals surface area contributed by atoms with Crippen LogP contribution in [0.3, 0.4) is 0 Å². The van der Waals surface area contributed by atoms with Gasteiger partial charge in [-0.05, 0) is 56.0 Å². The Morgan fingerprint density at radius 3 is 2.14 bits per heavy atom. The summed E-state index contributed by atoms with van der Waals surface area (Å²) in [5, 5.41) is 14.8. The van der Waals surface area contributed by atoms with Crippen LogP contribution in [0.5, 0.6) is 11.5 Å². The summed E-state index contributed by atoms with van der Waals surface area (Å²) in [6, 6.07) is 5.51. The molecule has 0 aromatic heterocycles. The van der Waals surface area contributed by atoms with Gasteiger partial charge in [0.15, 0.2) is 11.5 Å². The lowest BCUT2D eigenvalue weighted by atomic mass is 9.90.